The van der Waals surface area contributed by atoms with Gasteiger partial charge in [0, 0.05) is 17.2 Å². The van der Waals surface area contributed by atoms with Gasteiger partial charge in [0.2, 0.25) is 5.91 Å². The maximum Gasteiger partial charge on any atom is 0.257 e. The fourth-order valence-corrected chi connectivity index (χ4v) is 3.60. The van der Waals surface area contributed by atoms with E-state index < -0.39 is 0 Å². The van der Waals surface area contributed by atoms with Gasteiger partial charge in [-0.3, -0.25) is 9.59 Å². The number of nitrogens with zero attached hydrogens (tertiary/aromatic N) is 3. The van der Waals surface area contributed by atoms with Crippen LogP contribution < -0.4 is 5.32 Å². The SMILES string of the molecule is Cc1cccc(NC(=O)CN(C)C(=O)c2c(C)nn(-c3ccc(Br)cc3)c2C)c1C. The molecule has 0 aliphatic carbocycles. The average Bonchev–Trinajstić information content (AvgIpc) is 2.99. The van der Waals surface area contributed by atoms with Crippen molar-refractivity contribution in [3.05, 3.63) is 75.0 Å². The standard InChI is InChI=1S/C23H25BrN4O2/c1-14-7-6-8-20(15(14)2)25-21(29)13-27(5)23(30)22-16(3)26-28(17(22)4)19-11-9-18(24)10-12-19/h6-12H,13H2,1-5H3,(H,25,29). The third kappa shape index (κ3) is 4.46. The van der Waals surface area contributed by atoms with E-state index in [1.54, 1.807) is 18.7 Å². The highest BCUT2D eigenvalue weighted by Crippen LogP contribution is 2.21. The monoisotopic (exact) mass is 468 g/mol. The number of benzene rings is 2. The van der Waals surface area contributed by atoms with E-state index in [4.69, 9.17) is 0 Å². The fraction of sp³-hybridized carbons (Fsp3) is 0.261. The molecule has 1 heterocycles. The number of hydrogen-bond donors (Lipinski definition) is 1. The number of aromatic nitrogens is 2. The zero-order valence-electron chi connectivity index (χ0n) is 17.8. The van der Waals surface area contributed by atoms with Gasteiger partial charge in [0.25, 0.3) is 5.91 Å². The van der Waals surface area contributed by atoms with Crippen LogP contribution >= 0.6 is 15.9 Å². The molecule has 2 amide bonds. The second-order valence-electron chi connectivity index (χ2n) is 7.39. The Morgan fingerprint density at radius 2 is 1.73 bits per heavy atom. The van der Waals surface area contributed by atoms with Crippen LogP contribution in [0.15, 0.2) is 46.9 Å². The Morgan fingerprint density at radius 3 is 2.40 bits per heavy atom. The lowest BCUT2D eigenvalue weighted by Gasteiger charge is -2.18. The summed E-state index contributed by atoms with van der Waals surface area (Å²) in [7, 11) is 1.63. The summed E-state index contributed by atoms with van der Waals surface area (Å²) in [6, 6.07) is 13.5. The van der Waals surface area contributed by atoms with Crippen molar-refractivity contribution in [2.45, 2.75) is 27.7 Å². The number of amides is 2. The van der Waals surface area contributed by atoms with Crippen LogP contribution in [-0.2, 0) is 4.79 Å². The number of rotatable bonds is 5. The third-order valence-electron chi connectivity index (χ3n) is 5.18. The minimum Gasteiger partial charge on any atom is -0.332 e. The van der Waals surface area contributed by atoms with Gasteiger partial charge in [-0.1, -0.05) is 28.1 Å². The lowest BCUT2D eigenvalue weighted by molar-refractivity contribution is -0.116. The highest BCUT2D eigenvalue weighted by molar-refractivity contribution is 9.10. The van der Waals surface area contributed by atoms with Gasteiger partial charge in [-0.15, -0.1) is 0 Å². The smallest absolute Gasteiger partial charge is 0.257 e. The molecule has 0 radical (unpaired) electrons. The summed E-state index contributed by atoms with van der Waals surface area (Å²) in [5, 5.41) is 7.43. The Labute approximate surface area is 185 Å². The normalized spacial score (nSPS) is 10.7. The average molecular weight is 469 g/mol. The molecule has 1 N–H and O–H groups in total. The van der Waals surface area contributed by atoms with Crippen molar-refractivity contribution >= 4 is 33.4 Å². The molecule has 156 valence electrons. The van der Waals surface area contributed by atoms with Gasteiger partial charge in [-0.25, -0.2) is 4.68 Å². The Hall–Kier alpha value is -2.93. The summed E-state index contributed by atoms with van der Waals surface area (Å²) < 4.78 is 2.72. The van der Waals surface area contributed by atoms with E-state index in [-0.39, 0.29) is 18.4 Å². The topological polar surface area (TPSA) is 67.2 Å². The van der Waals surface area contributed by atoms with Gasteiger partial charge in [0.05, 0.1) is 29.2 Å². The number of nitrogens with one attached hydrogen (secondary N) is 1. The van der Waals surface area contributed by atoms with Crippen LogP contribution in [0.4, 0.5) is 5.69 Å². The molecule has 0 aliphatic heterocycles. The number of aryl methyl sites for hydroxylation is 2. The summed E-state index contributed by atoms with van der Waals surface area (Å²) in [5.41, 5.74) is 5.62. The largest absolute Gasteiger partial charge is 0.332 e. The number of carbonyl (C=O) groups is 2. The molecule has 3 aromatic rings. The molecule has 0 bridgehead atoms. The van der Waals surface area contributed by atoms with E-state index in [0.29, 0.717) is 11.3 Å². The number of halogens is 1. The van der Waals surface area contributed by atoms with E-state index in [9.17, 15) is 9.59 Å². The molecule has 0 saturated heterocycles. The molecule has 6 nitrogen and oxygen atoms in total. The minimum atomic E-state index is -0.241. The van der Waals surface area contributed by atoms with E-state index in [2.05, 4.69) is 26.3 Å². The Kier molecular flexibility index (Phi) is 6.41. The summed E-state index contributed by atoms with van der Waals surface area (Å²) in [4.78, 5) is 27.0. The van der Waals surface area contributed by atoms with Gasteiger partial charge in [-0.05, 0) is 69.2 Å². The van der Waals surface area contributed by atoms with Crippen molar-refractivity contribution in [2.24, 2.45) is 0 Å². The second-order valence-corrected chi connectivity index (χ2v) is 8.31. The minimum absolute atomic E-state index is 0.0471. The van der Waals surface area contributed by atoms with E-state index >= 15 is 0 Å². The van der Waals surface area contributed by atoms with Crippen molar-refractivity contribution in [1.29, 1.82) is 0 Å². The molecule has 0 unspecified atom stereocenters. The van der Waals surface area contributed by atoms with Crippen molar-refractivity contribution in [2.75, 3.05) is 18.9 Å². The van der Waals surface area contributed by atoms with Crippen LogP contribution in [0, 0.1) is 27.7 Å². The molecule has 30 heavy (non-hydrogen) atoms. The van der Waals surface area contributed by atoms with Crippen LogP contribution in [-0.4, -0.2) is 40.1 Å². The molecular formula is C23H25BrN4O2. The number of likely N-dealkylation sites (N-methyl/N-ethyl adjacent to an activating group) is 1. The zero-order chi connectivity index (χ0) is 22.0. The molecule has 0 saturated carbocycles. The van der Waals surface area contributed by atoms with Crippen LogP contribution in [0.3, 0.4) is 0 Å². The predicted molar refractivity (Wildman–Crippen MR) is 122 cm³/mol. The van der Waals surface area contributed by atoms with Crippen molar-refractivity contribution in [1.82, 2.24) is 14.7 Å². The molecule has 0 fully saturated rings. The number of hydrogen-bond acceptors (Lipinski definition) is 3. The van der Waals surface area contributed by atoms with E-state index in [1.165, 1.54) is 4.90 Å². The zero-order valence-corrected chi connectivity index (χ0v) is 19.4. The van der Waals surface area contributed by atoms with Gasteiger partial charge in [0.15, 0.2) is 0 Å². The molecular weight excluding hydrogens is 444 g/mol. The Balaban J connectivity index is 1.77. The first-order valence-electron chi connectivity index (χ1n) is 9.62. The summed E-state index contributed by atoms with van der Waals surface area (Å²) in [5.74, 6) is -0.473. The highest BCUT2D eigenvalue weighted by atomic mass is 79.9. The molecule has 3 rings (SSSR count). The molecule has 1 aromatic heterocycles. The molecule has 0 spiro atoms. The first kappa shape index (κ1) is 21.8. The van der Waals surface area contributed by atoms with Gasteiger partial charge in [-0.2, -0.15) is 5.10 Å². The third-order valence-corrected chi connectivity index (χ3v) is 5.71. The van der Waals surface area contributed by atoms with E-state index in [1.807, 2.05) is 63.2 Å². The van der Waals surface area contributed by atoms with Gasteiger partial charge >= 0.3 is 0 Å². The maximum atomic E-state index is 13.1. The Bertz CT molecular complexity index is 1100. The first-order valence-corrected chi connectivity index (χ1v) is 10.4. The van der Waals surface area contributed by atoms with Crippen LogP contribution in [0.2, 0.25) is 0 Å². The number of anilines is 1. The molecule has 0 aliphatic rings. The first-order chi connectivity index (χ1) is 14.2. The molecule has 0 atom stereocenters. The second kappa shape index (κ2) is 8.83. The quantitative estimate of drug-likeness (QED) is 0.595. The van der Waals surface area contributed by atoms with Crippen LogP contribution in [0.5, 0.6) is 0 Å². The van der Waals surface area contributed by atoms with E-state index in [0.717, 1.165) is 32.7 Å². The molecule has 2 aromatic carbocycles. The van der Waals surface area contributed by atoms with Gasteiger partial charge < -0.3 is 10.2 Å². The summed E-state index contributed by atoms with van der Waals surface area (Å²) in [6.45, 7) is 7.58. The molecule has 7 heteroatoms. The van der Waals surface area contributed by atoms with Crippen molar-refractivity contribution in [3.8, 4) is 5.69 Å². The van der Waals surface area contributed by atoms with Gasteiger partial charge in [0.1, 0.15) is 0 Å². The van der Waals surface area contributed by atoms with Crippen LogP contribution in [0.1, 0.15) is 32.9 Å². The summed E-state index contributed by atoms with van der Waals surface area (Å²) in [6.07, 6.45) is 0. The highest BCUT2D eigenvalue weighted by Gasteiger charge is 2.23. The lowest BCUT2D eigenvalue weighted by atomic mass is 10.1. The van der Waals surface area contributed by atoms with Crippen LogP contribution in [0.25, 0.3) is 5.69 Å². The summed E-state index contributed by atoms with van der Waals surface area (Å²) >= 11 is 3.42. The maximum absolute atomic E-state index is 13.1. The number of carbonyl (C=O) groups excluding carboxylic acids is 2. The van der Waals surface area contributed by atoms with Crippen molar-refractivity contribution in [3.63, 3.8) is 0 Å². The Morgan fingerprint density at radius 1 is 1.07 bits per heavy atom. The predicted octanol–water partition coefficient (Wildman–Crippen LogP) is 4.58. The fourth-order valence-electron chi connectivity index (χ4n) is 3.34. The van der Waals surface area contributed by atoms with Crippen molar-refractivity contribution < 1.29 is 9.59 Å². The lowest BCUT2D eigenvalue weighted by Crippen LogP contribution is -2.35.